The van der Waals surface area contributed by atoms with E-state index in [2.05, 4.69) is 5.32 Å². The molecule has 0 radical (unpaired) electrons. The molecule has 5 nitrogen and oxygen atoms in total. The molecule has 0 aliphatic carbocycles. The normalized spacial score (nSPS) is 39.6. The SMILES string of the molecule is O=C(CC1CNCCO1)C1CCOC2(CCOC2)C1. The van der Waals surface area contributed by atoms with Crippen LogP contribution in [0.5, 0.6) is 0 Å². The van der Waals surface area contributed by atoms with Gasteiger partial charge in [0.25, 0.3) is 0 Å². The van der Waals surface area contributed by atoms with Crippen molar-refractivity contribution in [1.29, 1.82) is 0 Å². The van der Waals surface area contributed by atoms with E-state index in [9.17, 15) is 4.79 Å². The fourth-order valence-corrected chi connectivity index (χ4v) is 3.31. The van der Waals surface area contributed by atoms with Gasteiger partial charge in [-0.3, -0.25) is 4.79 Å². The van der Waals surface area contributed by atoms with Crippen LogP contribution >= 0.6 is 0 Å². The third-order valence-corrected chi connectivity index (χ3v) is 4.45. The second kappa shape index (κ2) is 5.87. The first-order valence-electron chi connectivity index (χ1n) is 7.34. The van der Waals surface area contributed by atoms with Crippen molar-refractivity contribution in [2.24, 2.45) is 5.92 Å². The lowest BCUT2D eigenvalue weighted by molar-refractivity contribution is -0.140. The van der Waals surface area contributed by atoms with Crippen LogP contribution in [-0.4, -0.2) is 57.0 Å². The van der Waals surface area contributed by atoms with Gasteiger partial charge in [-0.05, 0) is 12.8 Å². The van der Waals surface area contributed by atoms with Gasteiger partial charge in [0.05, 0.1) is 24.9 Å². The number of carbonyl (C=O) groups excluding carboxylic acids is 1. The maximum absolute atomic E-state index is 12.4. The summed E-state index contributed by atoms with van der Waals surface area (Å²) in [5.74, 6) is 0.462. The van der Waals surface area contributed by atoms with Crippen molar-refractivity contribution < 1.29 is 19.0 Å². The average Bonchev–Trinajstić information content (AvgIpc) is 2.88. The highest BCUT2D eigenvalue weighted by Crippen LogP contribution is 2.36. The van der Waals surface area contributed by atoms with E-state index in [0.717, 1.165) is 39.0 Å². The molecule has 3 aliphatic rings. The Labute approximate surface area is 114 Å². The van der Waals surface area contributed by atoms with Crippen LogP contribution in [0.2, 0.25) is 0 Å². The van der Waals surface area contributed by atoms with Crippen molar-refractivity contribution in [2.45, 2.75) is 37.4 Å². The highest BCUT2D eigenvalue weighted by atomic mass is 16.6. The summed E-state index contributed by atoms with van der Waals surface area (Å²) in [4.78, 5) is 12.4. The van der Waals surface area contributed by atoms with Crippen LogP contribution in [0, 0.1) is 5.92 Å². The number of ketones is 1. The minimum absolute atomic E-state index is 0.0554. The summed E-state index contributed by atoms with van der Waals surface area (Å²) in [6, 6.07) is 0. The maximum atomic E-state index is 12.4. The van der Waals surface area contributed by atoms with Crippen LogP contribution in [0.15, 0.2) is 0 Å². The lowest BCUT2D eigenvalue weighted by Crippen LogP contribution is -2.44. The van der Waals surface area contributed by atoms with Gasteiger partial charge in [-0.25, -0.2) is 0 Å². The topological polar surface area (TPSA) is 56.8 Å². The molecule has 3 heterocycles. The number of morpholine rings is 1. The van der Waals surface area contributed by atoms with Gasteiger partial charge in [0.15, 0.2) is 0 Å². The number of hydrogen-bond donors (Lipinski definition) is 1. The first-order chi connectivity index (χ1) is 9.27. The molecule has 1 N–H and O–H groups in total. The highest BCUT2D eigenvalue weighted by Gasteiger charge is 2.43. The predicted octanol–water partition coefficient (Wildman–Crippen LogP) is 0.520. The zero-order valence-electron chi connectivity index (χ0n) is 11.4. The van der Waals surface area contributed by atoms with Crippen molar-refractivity contribution in [2.75, 3.05) is 39.5 Å². The molecule has 0 saturated carbocycles. The zero-order chi connectivity index (χ0) is 13.1. The number of ether oxygens (including phenoxy) is 3. The van der Waals surface area contributed by atoms with E-state index in [1.807, 2.05) is 0 Å². The smallest absolute Gasteiger partial charge is 0.138 e. The van der Waals surface area contributed by atoms with Gasteiger partial charge in [-0.2, -0.15) is 0 Å². The fraction of sp³-hybridized carbons (Fsp3) is 0.929. The quantitative estimate of drug-likeness (QED) is 0.809. The van der Waals surface area contributed by atoms with E-state index >= 15 is 0 Å². The Morgan fingerprint density at radius 3 is 3.00 bits per heavy atom. The number of hydrogen-bond acceptors (Lipinski definition) is 5. The standard InChI is InChI=1S/C14H23NO4/c16-13(7-12-9-15-3-6-18-12)11-1-4-19-14(8-11)2-5-17-10-14/h11-12,15H,1-10H2. The van der Waals surface area contributed by atoms with Crippen LogP contribution in [0.25, 0.3) is 0 Å². The average molecular weight is 269 g/mol. The molecule has 3 unspecified atom stereocenters. The Morgan fingerprint density at radius 2 is 2.26 bits per heavy atom. The minimum Gasteiger partial charge on any atom is -0.378 e. The van der Waals surface area contributed by atoms with E-state index in [1.165, 1.54) is 0 Å². The molecule has 5 heteroatoms. The summed E-state index contributed by atoms with van der Waals surface area (Å²) in [5, 5.41) is 3.27. The molecule has 108 valence electrons. The monoisotopic (exact) mass is 269 g/mol. The van der Waals surface area contributed by atoms with E-state index in [-0.39, 0.29) is 17.6 Å². The molecule has 3 fully saturated rings. The second-order valence-electron chi connectivity index (χ2n) is 5.89. The Balaban J connectivity index is 1.54. The van der Waals surface area contributed by atoms with Crippen LogP contribution < -0.4 is 5.32 Å². The summed E-state index contributed by atoms with van der Waals surface area (Å²) in [6.07, 6.45) is 3.19. The molecule has 19 heavy (non-hydrogen) atoms. The van der Waals surface area contributed by atoms with E-state index in [0.29, 0.717) is 32.0 Å². The largest absolute Gasteiger partial charge is 0.378 e. The van der Waals surface area contributed by atoms with Gasteiger partial charge in [-0.15, -0.1) is 0 Å². The molecule has 0 aromatic heterocycles. The molecule has 0 amide bonds. The van der Waals surface area contributed by atoms with E-state index < -0.39 is 0 Å². The molecule has 3 saturated heterocycles. The predicted molar refractivity (Wildman–Crippen MR) is 69.1 cm³/mol. The third kappa shape index (κ3) is 3.16. The summed E-state index contributed by atoms with van der Waals surface area (Å²) in [5.41, 5.74) is -0.176. The molecule has 3 atom stereocenters. The van der Waals surface area contributed by atoms with Gasteiger partial charge in [-0.1, -0.05) is 0 Å². The van der Waals surface area contributed by atoms with Crippen LogP contribution in [-0.2, 0) is 19.0 Å². The molecular weight excluding hydrogens is 246 g/mol. The van der Waals surface area contributed by atoms with Crippen LogP contribution in [0.4, 0.5) is 0 Å². The lowest BCUT2D eigenvalue weighted by atomic mass is 9.81. The molecule has 1 spiro atoms. The van der Waals surface area contributed by atoms with Gasteiger partial charge in [0, 0.05) is 45.1 Å². The number of Topliss-reactive ketones (excluding diaryl/α,β-unsaturated/α-hetero) is 1. The molecule has 0 bridgehead atoms. The van der Waals surface area contributed by atoms with Crippen LogP contribution in [0.1, 0.15) is 25.7 Å². The molecule has 0 aromatic carbocycles. The third-order valence-electron chi connectivity index (χ3n) is 4.45. The van der Waals surface area contributed by atoms with Crippen molar-refractivity contribution in [3.8, 4) is 0 Å². The Kier molecular flexibility index (Phi) is 4.17. The summed E-state index contributed by atoms with van der Waals surface area (Å²) in [6.45, 7) is 4.49. The molecular formula is C14H23NO4. The first-order valence-corrected chi connectivity index (χ1v) is 7.34. The van der Waals surface area contributed by atoms with Gasteiger partial charge < -0.3 is 19.5 Å². The summed E-state index contributed by atoms with van der Waals surface area (Å²) >= 11 is 0. The number of carbonyl (C=O) groups is 1. The highest BCUT2D eigenvalue weighted by molar-refractivity contribution is 5.81. The lowest BCUT2D eigenvalue weighted by Gasteiger charge is -2.37. The second-order valence-corrected chi connectivity index (χ2v) is 5.89. The van der Waals surface area contributed by atoms with Gasteiger partial charge in [0.1, 0.15) is 5.78 Å². The van der Waals surface area contributed by atoms with Crippen molar-refractivity contribution in [1.82, 2.24) is 5.32 Å². The molecule has 3 aliphatic heterocycles. The fourth-order valence-electron chi connectivity index (χ4n) is 3.31. The van der Waals surface area contributed by atoms with E-state index in [1.54, 1.807) is 0 Å². The Hall–Kier alpha value is -0.490. The van der Waals surface area contributed by atoms with Gasteiger partial charge in [0.2, 0.25) is 0 Å². The Morgan fingerprint density at radius 1 is 1.32 bits per heavy atom. The number of nitrogens with one attached hydrogen (secondary N) is 1. The molecule has 3 rings (SSSR count). The van der Waals surface area contributed by atoms with Crippen LogP contribution in [0.3, 0.4) is 0 Å². The summed E-state index contributed by atoms with van der Waals surface area (Å²) in [7, 11) is 0. The van der Waals surface area contributed by atoms with Crippen molar-refractivity contribution in [3.05, 3.63) is 0 Å². The van der Waals surface area contributed by atoms with Gasteiger partial charge >= 0.3 is 0 Å². The molecule has 0 aromatic rings. The maximum Gasteiger partial charge on any atom is 0.138 e. The minimum atomic E-state index is -0.176. The number of rotatable bonds is 3. The van der Waals surface area contributed by atoms with E-state index in [4.69, 9.17) is 14.2 Å². The van der Waals surface area contributed by atoms with Crippen molar-refractivity contribution in [3.63, 3.8) is 0 Å². The summed E-state index contributed by atoms with van der Waals surface area (Å²) < 4.78 is 16.9. The first kappa shape index (κ1) is 13.5. The van der Waals surface area contributed by atoms with Crippen molar-refractivity contribution >= 4 is 5.78 Å². The zero-order valence-corrected chi connectivity index (χ0v) is 11.4. The Bertz CT molecular complexity index is 321.